The molecule has 1 heterocycles. The molecule has 1 aliphatic heterocycles. The molecular formula is C23H29N3O7S. The van der Waals surface area contributed by atoms with Crippen LogP contribution >= 0.6 is 0 Å². The van der Waals surface area contributed by atoms with Gasteiger partial charge in [-0.25, -0.2) is 8.42 Å². The quantitative estimate of drug-likeness (QED) is 0.569. The van der Waals surface area contributed by atoms with Crippen LogP contribution in [0.2, 0.25) is 0 Å². The van der Waals surface area contributed by atoms with Gasteiger partial charge >= 0.3 is 0 Å². The van der Waals surface area contributed by atoms with Crippen molar-refractivity contribution in [3.63, 3.8) is 0 Å². The lowest BCUT2D eigenvalue weighted by Crippen LogP contribution is -2.41. The Morgan fingerprint density at radius 3 is 1.82 bits per heavy atom. The van der Waals surface area contributed by atoms with Crippen LogP contribution < -0.4 is 25.1 Å². The van der Waals surface area contributed by atoms with Crippen LogP contribution in [-0.2, 0) is 10.0 Å². The van der Waals surface area contributed by atoms with Crippen molar-refractivity contribution in [1.29, 1.82) is 0 Å². The van der Waals surface area contributed by atoms with Gasteiger partial charge in [0.1, 0.15) is 0 Å². The van der Waals surface area contributed by atoms with Crippen LogP contribution in [0.4, 0.5) is 0 Å². The van der Waals surface area contributed by atoms with Gasteiger partial charge in [0.2, 0.25) is 15.8 Å². The van der Waals surface area contributed by atoms with Gasteiger partial charge in [-0.2, -0.15) is 4.31 Å². The SMILES string of the molecule is COc1cc(C(=O)NNC(=O)c2ccc(S(=O)(=O)N3CCC(C)CC3)cc2)cc(OC)c1OC. The highest BCUT2D eigenvalue weighted by Crippen LogP contribution is 2.38. The van der Waals surface area contributed by atoms with E-state index in [0.717, 1.165) is 12.8 Å². The lowest BCUT2D eigenvalue weighted by molar-refractivity contribution is 0.0846. The summed E-state index contributed by atoms with van der Waals surface area (Å²) in [4.78, 5) is 25.1. The van der Waals surface area contributed by atoms with Gasteiger partial charge < -0.3 is 14.2 Å². The molecule has 2 N–H and O–H groups in total. The molecule has 1 aliphatic rings. The van der Waals surface area contributed by atoms with Crippen molar-refractivity contribution in [3.8, 4) is 17.2 Å². The van der Waals surface area contributed by atoms with Crippen molar-refractivity contribution in [1.82, 2.24) is 15.2 Å². The highest BCUT2D eigenvalue weighted by atomic mass is 32.2. The summed E-state index contributed by atoms with van der Waals surface area (Å²) in [6, 6.07) is 8.49. The number of hydrogen-bond donors (Lipinski definition) is 2. The number of carbonyl (C=O) groups is 2. The highest BCUT2D eigenvalue weighted by molar-refractivity contribution is 7.89. The topological polar surface area (TPSA) is 123 Å². The van der Waals surface area contributed by atoms with Crippen LogP contribution in [0.25, 0.3) is 0 Å². The number of nitrogens with one attached hydrogen (secondary N) is 2. The van der Waals surface area contributed by atoms with E-state index in [2.05, 4.69) is 17.8 Å². The molecule has 0 saturated carbocycles. The van der Waals surface area contributed by atoms with Crippen molar-refractivity contribution in [2.75, 3.05) is 34.4 Å². The van der Waals surface area contributed by atoms with Gasteiger partial charge in [-0.05, 0) is 55.2 Å². The Morgan fingerprint density at radius 1 is 0.853 bits per heavy atom. The van der Waals surface area contributed by atoms with Crippen LogP contribution in [0.1, 0.15) is 40.5 Å². The Hall–Kier alpha value is -3.31. The summed E-state index contributed by atoms with van der Waals surface area (Å²) in [5, 5.41) is 0. The van der Waals surface area contributed by atoms with E-state index in [1.165, 1.54) is 62.0 Å². The molecule has 0 unspecified atom stereocenters. The molecule has 2 amide bonds. The molecule has 3 rings (SSSR count). The number of nitrogens with zero attached hydrogens (tertiary/aromatic N) is 1. The van der Waals surface area contributed by atoms with Gasteiger partial charge in [-0.3, -0.25) is 20.4 Å². The third-order valence-corrected chi connectivity index (χ3v) is 7.63. The van der Waals surface area contributed by atoms with E-state index < -0.39 is 21.8 Å². The van der Waals surface area contributed by atoms with E-state index >= 15 is 0 Å². The van der Waals surface area contributed by atoms with E-state index in [1.54, 1.807) is 0 Å². The van der Waals surface area contributed by atoms with E-state index in [1.807, 2.05) is 0 Å². The third kappa shape index (κ3) is 5.42. The first kappa shape index (κ1) is 25.3. The molecule has 1 saturated heterocycles. The van der Waals surface area contributed by atoms with Gasteiger partial charge in [0.05, 0.1) is 26.2 Å². The molecule has 0 aliphatic carbocycles. The smallest absolute Gasteiger partial charge is 0.269 e. The maximum Gasteiger partial charge on any atom is 0.269 e. The van der Waals surface area contributed by atoms with Crippen LogP contribution in [0.5, 0.6) is 17.2 Å². The maximum absolute atomic E-state index is 12.8. The fraction of sp³-hybridized carbons (Fsp3) is 0.391. The fourth-order valence-corrected chi connectivity index (χ4v) is 5.09. The second-order valence-corrected chi connectivity index (χ2v) is 9.87. The summed E-state index contributed by atoms with van der Waals surface area (Å²) in [6.45, 7) is 3.08. The fourth-order valence-electron chi connectivity index (χ4n) is 3.62. The number of ether oxygens (including phenoxy) is 3. The molecule has 0 atom stereocenters. The molecule has 0 aromatic heterocycles. The van der Waals surface area contributed by atoms with Crippen molar-refractivity contribution in [2.24, 2.45) is 5.92 Å². The number of amides is 2. The van der Waals surface area contributed by atoms with Crippen molar-refractivity contribution < 1.29 is 32.2 Å². The number of hydrazine groups is 1. The van der Waals surface area contributed by atoms with Gasteiger partial charge in [0.15, 0.2) is 11.5 Å². The minimum Gasteiger partial charge on any atom is -0.493 e. The second kappa shape index (κ2) is 10.7. The van der Waals surface area contributed by atoms with E-state index in [4.69, 9.17) is 14.2 Å². The molecule has 1 fully saturated rings. The molecular weight excluding hydrogens is 462 g/mol. The summed E-state index contributed by atoms with van der Waals surface area (Å²) in [5.41, 5.74) is 5.00. The first-order valence-corrected chi connectivity index (χ1v) is 12.2. The molecule has 0 radical (unpaired) electrons. The Morgan fingerprint density at radius 2 is 1.35 bits per heavy atom. The van der Waals surface area contributed by atoms with Crippen LogP contribution in [-0.4, -0.2) is 59.0 Å². The Balaban J connectivity index is 1.66. The molecule has 2 aromatic rings. The Kier molecular flexibility index (Phi) is 8.00. The minimum absolute atomic E-state index is 0.125. The first-order valence-electron chi connectivity index (χ1n) is 10.7. The van der Waals surface area contributed by atoms with Gasteiger partial charge in [-0.15, -0.1) is 0 Å². The zero-order chi connectivity index (χ0) is 24.9. The lowest BCUT2D eigenvalue weighted by Gasteiger charge is -2.29. The first-order chi connectivity index (χ1) is 16.2. The zero-order valence-corrected chi connectivity index (χ0v) is 20.4. The molecule has 0 spiro atoms. The van der Waals surface area contributed by atoms with Crippen molar-refractivity contribution in [2.45, 2.75) is 24.7 Å². The minimum atomic E-state index is -3.61. The van der Waals surface area contributed by atoms with Gasteiger partial charge in [0, 0.05) is 24.2 Å². The number of rotatable bonds is 7. The number of benzene rings is 2. The largest absolute Gasteiger partial charge is 0.493 e. The number of sulfonamides is 1. The third-order valence-electron chi connectivity index (χ3n) is 5.71. The maximum atomic E-state index is 12.8. The molecule has 34 heavy (non-hydrogen) atoms. The van der Waals surface area contributed by atoms with Gasteiger partial charge in [-0.1, -0.05) is 6.92 Å². The Labute approximate surface area is 199 Å². The van der Waals surface area contributed by atoms with E-state index in [-0.39, 0.29) is 16.0 Å². The summed E-state index contributed by atoms with van der Waals surface area (Å²) in [7, 11) is 0.691. The molecule has 0 bridgehead atoms. The normalized spacial score (nSPS) is 14.8. The van der Waals surface area contributed by atoms with E-state index in [9.17, 15) is 18.0 Å². The summed E-state index contributed by atoms with van der Waals surface area (Å²) >= 11 is 0. The zero-order valence-electron chi connectivity index (χ0n) is 19.6. The van der Waals surface area contributed by atoms with Crippen molar-refractivity contribution >= 4 is 21.8 Å². The highest BCUT2D eigenvalue weighted by Gasteiger charge is 2.28. The number of hydrogen-bond acceptors (Lipinski definition) is 7. The molecule has 10 nitrogen and oxygen atoms in total. The standard InChI is InChI=1S/C23H29N3O7S/c1-15-9-11-26(12-10-15)34(29,30)18-7-5-16(6-8-18)22(27)24-25-23(28)17-13-19(31-2)21(33-4)20(14-17)32-3/h5-8,13-15H,9-12H2,1-4H3,(H,24,27)(H,25,28). The summed E-state index contributed by atoms with van der Waals surface area (Å²) < 4.78 is 42.8. The predicted octanol–water partition coefficient (Wildman–Crippen LogP) is 2.21. The molecule has 2 aromatic carbocycles. The van der Waals surface area contributed by atoms with Crippen LogP contribution in [0.3, 0.4) is 0 Å². The molecule has 11 heteroatoms. The summed E-state index contributed by atoms with van der Waals surface area (Å²) in [5.74, 6) is 0.215. The Bertz CT molecular complexity index is 1120. The molecule has 184 valence electrons. The lowest BCUT2D eigenvalue weighted by atomic mass is 10.0. The van der Waals surface area contributed by atoms with Crippen molar-refractivity contribution in [3.05, 3.63) is 47.5 Å². The average Bonchev–Trinajstić information content (AvgIpc) is 2.86. The number of piperidine rings is 1. The number of methoxy groups -OCH3 is 3. The van der Waals surface area contributed by atoms with E-state index in [0.29, 0.717) is 36.3 Å². The van der Waals surface area contributed by atoms with Crippen LogP contribution in [0.15, 0.2) is 41.3 Å². The number of carbonyl (C=O) groups excluding carboxylic acids is 2. The second-order valence-electron chi connectivity index (χ2n) is 7.93. The monoisotopic (exact) mass is 491 g/mol. The van der Waals surface area contributed by atoms with Gasteiger partial charge in [0.25, 0.3) is 11.8 Å². The van der Waals surface area contributed by atoms with Crippen LogP contribution in [0, 0.1) is 5.92 Å². The predicted molar refractivity (Wildman–Crippen MR) is 125 cm³/mol. The average molecular weight is 492 g/mol. The summed E-state index contributed by atoms with van der Waals surface area (Å²) in [6.07, 6.45) is 1.65.